The predicted molar refractivity (Wildman–Crippen MR) is 221 cm³/mol. The average Bonchev–Trinajstić information content (AvgIpc) is 3.56. The van der Waals surface area contributed by atoms with Gasteiger partial charge in [0.05, 0.1) is 27.4 Å². The first-order chi connectivity index (χ1) is 31.5. The van der Waals surface area contributed by atoms with Gasteiger partial charge in [0.1, 0.15) is 31.7 Å². The summed E-state index contributed by atoms with van der Waals surface area (Å²) in [6, 6.07) is 13.5. The number of phenolic OH excluding ortho intramolecular Hbond substituents is 2. The van der Waals surface area contributed by atoms with Crippen LogP contribution in [0.2, 0.25) is 0 Å². The van der Waals surface area contributed by atoms with Gasteiger partial charge in [-0.3, -0.25) is 28.6 Å². The van der Waals surface area contributed by atoms with Crippen molar-refractivity contribution in [2.24, 2.45) is 35.8 Å². The lowest BCUT2D eigenvalue weighted by Crippen LogP contribution is -2.32. The number of fused-ring (bicyclic) bond motifs is 1. The topological polar surface area (TPSA) is 493 Å². The molecule has 0 radical (unpaired) electrons. The number of aromatic hydroxyl groups is 2. The number of nitro groups is 1. The molecule has 1 unspecified atom stereocenters. The Balaban J connectivity index is 0.00000117. The van der Waals surface area contributed by atoms with E-state index in [-0.39, 0.29) is 17.1 Å². The number of benzene rings is 5. The number of non-ortho nitro benzene ring substituents is 1. The molecule has 6 rings (SSSR count). The summed E-state index contributed by atoms with van der Waals surface area (Å²) in [6.45, 7) is 0. The first-order valence-corrected chi connectivity index (χ1v) is 23.2. The maximum absolute atomic E-state index is 13.0. The van der Waals surface area contributed by atoms with Crippen LogP contribution in [0, 0.1) is 10.1 Å². The number of carboxylic acid groups (broad SMARTS) is 1. The zero-order valence-corrected chi connectivity index (χ0v) is 36.5. The summed E-state index contributed by atoms with van der Waals surface area (Å²) in [4.78, 5) is 31.5. The van der Waals surface area contributed by atoms with Crippen LogP contribution in [0.15, 0.2) is 135 Å². The minimum atomic E-state index is -5.45. The van der Waals surface area contributed by atoms with E-state index in [2.05, 4.69) is 35.8 Å². The van der Waals surface area contributed by atoms with Crippen molar-refractivity contribution in [1.82, 2.24) is 0 Å². The molecule has 36 heteroatoms. The van der Waals surface area contributed by atoms with Gasteiger partial charge in [-0.25, -0.2) is 4.79 Å². The molecule has 6 N–H and O–H groups in total. The molecule has 0 aliphatic carbocycles. The molecule has 0 fully saturated rings. The van der Waals surface area contributed by atoms with Crippen LogP contribution >= 0.6 is 0 Å². The molecule has 5 aromatic carbocycles. The number of amides is 1. The largest absolute Gasteiger partial charge is 0.505 e. The van der Waals surface area contributed by atoms with Crippen molar-refractivity contribution in [3.05, 3.63) is 95.0 Å². The molecule has 1 aliphatic rings. The molecule has 68 heavy (non-hydrogen) atoms. The van der Waals surface area contributed by atoms with E-state index in [9.17, 15) is 73.9 Å². The Labute approximate surface area is 380 Å². The third kappa shape index (κ3) is 13.0. The number of hydrogen-bond donors (Lipinski definition) is 6. The summed E-state index contributed by atoms with van der Waals surface area (Å²) in [5, 5.41) is 67.8. The van der Waals surface area contributed by atoms with Crippen LogP contribution < -0.4 is 5.01 Å². The van der Waals surface area contributed by atoms with Crippen molar-refractivity contribution in [2.75, 3.05) is 5.01 Å². The smallest absolute Gasteiger partial charge is 0.425 e. The number of nitro benzene ring substituents is 1. The highest BCUT2D eigenvalue weighted by Gasteiger charge is 2.41. The molecular weight excluding hydrogens is 1020 g/mol. The van der Waals surface area contributed by atoms with Gasteiger partial charge >= 0.3 is 27.2 Å². The van der Waals surface area contributed by atoms with Gasteiger partial charge in [-0.2, -0.15) is 50.7 Å². The maximum Gasteiger partial charge on any atom is 0.425 e. The molecule has 1 amide bonds. The molecule has 0 saturated carbocycles. The first-order valence-electron chi connectivity index (χ1n) is 16.9. The van der Waals surface area contributed by atoms with Crippen LogP contribution in [0.5, 0.6) is 11.5 Å². The highest BCUT2D eigenvalue weighted by atomic mass is 32.2. The summed E-state index contributed by atoms with van der Waals surface area (Å²) < 4.78 is 155. The second-order valence-corrected chi connectivity index (χ2v) is 17.3. The number of nitrogens with zero attached hydrogens (tertiary/aromatic N) is 9. The molecule has 0 spiro atoms. The summed E-state index contributed by atoms with van der Waals surface area (Å²) in [6.07, 6.45) is 0. The minimum absolute atomic E-state index is 0.135. The molecule has 0 saturated heterocycles. The fourth-order valence-corrected chi connectivity index (χ4v) is 7.30. The number of hydrogen-bond acceptors (Lipinski definition) is 25. The van der Waals surface area contributed by atoms with E-state index in [0.29, 0.717) is 18.2 Å². The van der Waals surface area contributed by atoms with Crippen LogP contribution in [-0.4, -0.2) is 108 Å². The Morgan fingerprint density at radius 2 is 1.13 bits per heavy atom. The van der Waals surface area contributed by atoms with Crippen molar-refractivity contribution < 1.29 is 94.0 Å². The van der Waals surface area contributed by atoms with E-state index in [0.717, 1.165) is 41.4 Å². The van der Waals surface area contributed by atoms with Crippen LogP contribution in [0.25, 0.3) is 10.8 Å². The third-order valence-corrected chi connectivity index (χ3v) is 10.6. The Bertz CT molecular complexity index is 3570. The molecule has 1 heterocycles. The van der Waals surface area contributed by atoms with Crippen molar-refractivity contribution in [1.29, 1.82) is 0 Å². The van der Waals surface area contributed by atoms with E-state index in [4.69, 9.17) is 25.3 Å². The SMILES string of the molecule is O=C(O)C1=NN(c2ccccc2)C(=O)C1N=Nc1ccc(N=Nc2c(S(=O)(=O)O)cc3cc(S(=O)(=O)O)c(N=Nc4ccc([N+](=O)[O-])cc4)c(O)c3c2O)c(S(=O)(=O)O)c1.O=S(=O)=O.O=S(=O)=O. The first kappa shape index (κ1) is 52.4. The fraction of sp³-hybridized carbons (Fsp3) is 0.0312. The quantitative estimate of drug-likeness (QED) is 0.0449. The van der Waals surface area contributed by atoms with E-state index in [1.165, 1.54) is 12.1 Å². The highest BCUT2D eigenvalue weighted by molar-refractivity contribution is 7.86. The van der Waals surface area contributed by atoms with Crippen molar-refractivity contribution in [3.63, 3.8) is 0 Å². The number of hydrazone groups is 1. The number of aliphatic carboxylic acids is 1. The minimum Gasteiger partial charge on any atom is -0.505 e. The molecular formula is C32H21N9O22S5. The normalized spacial score (nSPS) is 14.0. The van der Waals surface area contributed by atoms with Crippen LogP contribution in [0.1, 0.15) is 0 Å². The molecule has 356 valence electrons. The van der Waals surface area contributed by atoms with Gasteiger partial charge in [-0.05, 0) is 60.0 Å². The van der Waals surface area contributed by atoms with E-state index in [1.807, 2.05) is 0 Å². The van der Waals surface area contributed by atoms with Crippen LogP contribution in [0.3, 0.4) is 0 Å². The van der Waals surface area contributed by atoms with Gasteiger partial charge in [-0.1, -0.05) is 18.2 Å². The summed E-state index contributed by atoms with van der Waals surface area (Å²) in [7, 11) is -22.3. The summed E-state index contributed by atoms with van der Waals surface area (Å²) in [5.74, 6) is -5.20. The highest BCUT2D eigenvalue weighted by Crippen LogP contribution is 2.50. The molecule has 1 aliphatic heterocycles. The van der Waals surface area contributed by atoms with Crippen molar-refractivity contribution in [3.8, 4) is 11.5 Å². The van der Waals surface area contributed by atoms with Crippen LogP contribution in [0.4, 0.5) is 39.8 Å². The lowest BCUT2D eigenvalue weighted by Gasteiger charge is -2.13. The summed E-state index contributed by atoms with van der Waals surface area (Å²) >= 11 is 0. The Morgan fingerprint density at radius 1 is 0.662 bits per heavy atom. The van der Waals surface area contributed by atoms with Gasteiger partial charge in [0.15, 0.2) is 17.2 Å². The standard InChI is InChI=1S/C32H21N9O16S3.2O3S/c42-29-24-15(12-22(59(52,53)54)25(29)36-33-16-6-9-19(10-7-16)41(47)48)13-23(60(55,56)57)26(30(24)43)37-35-20-11-8-17(14-21(20)58(49,50)51)34-38-27-28(32(45)46)39-40(31(27)44)18-4-2-1-3-5-18;2*1-4(2)3/h1-14,27,42-43H,(H,45,46)(H,49,50,51)(H,52,53,54)(H,55,56,57);;. The lowest BCUT2D eigenvalue weighted by atomic mass is 10.1. The van der Waals surface area contributed by atoms with Gasteiger partial charge in [-0.15, -0.1) is 40.6 Å². The molecule has 5 aromatic rings. The number of carboxylic acids is 1. The zero-order valence-electron chi connectivity index (χ0n) is 32.4. The predicted octanol–water partition coefficient (Wildman–Crippen LogP) is 3.66. The van der Waals surface area contributed by atoms with E-state index < -0.39 is 140 Å². The maximum atomic E-state index is 13.0. The number of phenols is 2. The zero-order chi connectivity index (χ0) is 51.1. The number of para-hydroxylation sites is 1. The van der Waals surface area contributed by atoms with E-state index in [1.54, 1.807) is 18.2 Å². The summed E-state index contributed by atoms with van der Waals surface area (Å²) in [5.41, 5.74) is -4.49. The fourth-order valence-electron chi connectivity index (χ4n) is 5.34. The van der Waals surface area contributed by atoms with Crippen LogP contribution in [-0.2, 0) is 61.2 Å². The van der Waals surface area contributed by atoms with Crippen molar-refractivity contribution in [2.45, 2.75) is 20.7 Å². The second-order valence-electron chi connectivity index (χ2n) is 12.3. The molecule has 31 nitrogen and oxygen atoms in total. The third-order valence-electron chi connectivity index (χ3n) is 8.03. The number of carbonyl (C=O) groups excluding carboxylic acids is 1. The average molecular weight is 1040 g/mol. The Morgan fingerprint density at radius 3 is 1.59 bits per heavy atom. The van der Waals surface area contributed by atoms with Gasteiger partial charge in [0.25, 0.3) is 41.9 Å². The number of carbonyl (C=O) groups is 2. The molecule has 0 aromatic heterocycles. The van der Waals surface area contributed by atoms with Gasteiger partial charge < -0.3 is 15.3 Å². The van der Waals surface area contributed by atoms with Gasteiger partial charge in [0, 0.05) is 12.1 Å². The molecule has 1 atom stereocenters. The number of azo groups is 3. The second kappa shape index (κ2) is 20.9. The Hall–Kier alpha value is -8.26. The molecule has 0 bridgehead atoms. The number of rotatable bonds is 12. The van der Waals surface area contributed by atoms with E-state index >= 15 is 0 Å². The Kier molecular flexibility index (Phi) is 16.1. The van der Waals surface area contributed by atoms with Gasteiger partial charge in [0.2, 0.25) is 6.04 Å². The monoisotopic (exact) mass is 1040 g/mol. The number of anilines is 1. The lowest BCUT2D eigenvalue weighted by molar-refractivity contribution is -0.384. The van der Waals surface area contributed by atoms with Crippen molar-refractivity contribution >= 4 is 120 Å².